The Morgan fingerprint density at radius 1 is 1.04 bits per heavy atom. The van der Waals surface area contributed by atoms with Crippen LogP contribution in [0.1, 0.15) is 24.8 Å². The number of amides is 1. The van der Waals surface area contributed by atoms with Crippen LogP contribution in [-0.4, -0.2) is 32.3 Å². The molecule has 25 heavy (non-hydrogen) atoms. The lowest BCUT2D eigenvalue weighted by atomic mass is 10.1. The third kappa shape index (κ3) is 4.24. The van der Waals surface area contributed by atoms with Crippen LogP contribution in [0.15, 0.2) is 48.5 Å². The van der Waals surface area contributed by atoms with Gasteiger partial charge in [0.1, 0.15) is 5.75 Å². The van der Waals surface area contributed by atoms with E-state index >= 15 is 0 Å². The Balaban J connectivity index is 1.51. The fourth-order valence-electron chi connectivity index (χ4n) is 2.91. The van der Waals surface area contributed by atoms with Crippen LogP contribution in [0.3, 0.4) is 0 Å². The highest BCUT2D eigenvalue weighted by Crippen LogP contribution is 2.44. The molecule has 0 aliphatic heterocycles. The van der Waals surface area contributed by atoms with Gasteiger partial charge < -0.3 is 19.5 Å². The van der Waals surface area contributed by atoms with Gasteiger partial charge in [-0.15, -0.1) is 0 Å². The summed E-state index contributed by atoms with van der Waals surface area (Å²) in [5.74, 6) is 2.27. The van der Waals surface area contributed by atoms with Gasteiger partial charge in [0.05, 0.1) is 13.7 Å². The van der Waals surface area contributed by atoms with E-state index in [2.05, 4.69) is 5.32 Å². The van der Waals surface area contributed by atoms with Crippen LogP contribution >= 0.6 is 0 Å². The number of rotatable bonds is 8. The minimum absolute atomic E-state index is 0.0285. The summed E-state index contributed by atoms with van der Waals surface area (Å²) in [6, 6.07) is 15.4. The second-order valence-electron chi connectivity index (χ2n) is 5.93. The monoisotopic (exact) mass is 341 g/mol. The van der Waals surface area contributed by atoms with E-state index in [9.17, 15) is 4.79 Å². The maximum absolute atomic E-state index is 12.2. The predicted octanol–water partition coefficient (Wildman–Crippen LogP) is 3.15. The number of hydrogen-bond acceptors (Lipinski definition) is 4. The molecule has 2 aromatic rings. The molecule has 1 aliphatic carbocycles. The topological polar surface area (TPSA) is 56.8 Å². The maximum atomic E-state index is 12.2. The molecule has 1 aliphatic rings. The SMILES string of the molecule is CCOc1ccccc1OCC(=O)N[C@H]1C[C@@H]1c1ccccc1OC. The van der Waals surface area contributed by atoms with Crippen molar-refractivity contribution >= 4 is 5.91 Å². The van der Waals surface area contributed by atoms with Gasteiger partial charge in [0.2, 0.25) is 0 Å². The van der Waals surface area contributed by atoms with Crippen molar-refractivity contribution in [1.82, 2.24) is 5.32 Å². The van der Waals surface area contributed by atoms with Crippen LogP contribution in [0.2, 0.25) is 0 Å². The predicted molar refractivity (Wildman–Crippen MR) is 95.4 cm³/mol. The van der Waals surface area contributed by atoms with Crippen molar-refractivity contribution in [2.75, 3.05) is 20.3 Å². The minimum Gasteiger partial charge on any atom is -0.496 e. The molecule has 5 heteroatoms. The Kier molecular flexibility index (Phi) is 5.43. The van der Waals surface area contributed by atoms with E-state index < -0.39 is 0 Å². The lowest BCUT2D eigenvalue weighted by Crippen LogP contribution is -2.31. The smallest absolute Gasteiger partial charge is 0.258 e. The first-order valence-corrected chi connectivity index (χ1v) is 8.49. The van der Waals surface area contributed by atoms with E-state index in [1.165, 1.54) is 0 Å². The zero-order valence-electron chi connectivity index (χ0n) is 14.5. The van der Waals surface area contributed by atoms with Gasteiger partial charge in [-0.25, -0.2) is 0 Å². The van der Waals surface area contributed by atoms with Gasteiger partial charge in [-0.3, -0.25) is 4.79 Å². The number of para-hydroxylation sites is 3. The molecule has 132 valence electrons. The summed E-state index contributed by atoms with van der Waals surface area (Å²) in [6.45, 7) is 2.43. The van der Waals surface area contributed by atoms with Gasteiger partial charge in [0.15, 0.2) is 18.1 Å². The first-order valence-electron chi connectivity index (χ1n) is 8.49. The first kappa shape index (κ1) is 17.1. The molecule has 1 N–H and O–H groups in total. The molecule has 1 saturated carbocycles. The summed E-state index contributed by atoms with van der Waals surface area (Å²) in [4.78, 5) is 12.2. The van der Waals surface area contributed by atoms with Crippen LogP contribution in [0.5, 0.6) is 17.2 Å². The van der Waals surface area contributed by atoms with Crippen molar-refractivity contribution in [2.45, 2.75) is 25.3 Å². The van der Waals surface area contributed by atoms with Crippen LogP contribution in [0.4, 0.5) is 0 Å². The second kappa shape index (κ2) is 7.92. The van der Waals surface area contributed by atoms with E-state index in [-0.39, 0.29) is 18.6 Å². The Morgan fingerprint density at radius 2 is 1.68 bits per heavy atom. The normalized spacial score (nSPS) is 18.3. The van der Waals surface area contributed by atoms with E-state index in [1.54, 1.807) is 13.2 Å². The average molecular weight is 341 g/mol. The Labute approximate surface area is 147 Å². The molecule has 2 atom stereocenters. The highest BCUT2D eigenvalue weighted by atomic mass is 16.5. The fraction of sp³-hybridized carbons (Fsp3) is 0.350. The van der Waals surface area contributed by atoms with E-state index in [0.717, 1.165) is 17.7 Å². The van der Waals surface area contributed by atoms with E-state index in [4.69, 9.17) is 14.2 Å². The molecule has 0 radical (unpaired) electrons. The van der Waals surface area contributed by atoms with Crippen LogP contribution in [0, 0.1) is 0 Å². The third-order valence-corrected chi connectivity index (χ3v) is 4.18. The number of methoxy groups -OCH3 is 1. The molecule has 2 aromatic carbocycles. The van der Waals surface area contributed by atoms with E-state index in [0.29, 0.717) is 24.0 Å². The number of benzene rings is 2. The second-order valence-corrected chi connectivity index (χ2v) is 5.93. The lowest BCUT2D eigenvalue weighted by molar-refractivity contribution is -0.123. The molecular weight excluding hydrogens is 318 g/mol. The lowest BCUT2D eigenvalue weighted by Gasteiger charge is -2.12. The van der Waals surface area contributed by atoms with Crippen LogP contribution in [0.25, 0.3) is 0 Å². The van der Waals surface area contributed by atoms with Gasteiger partial charge in [-0.1, -0.05) is 30.3 Å². The molecule has 0 spiro atoms. The molecule has 5 nitrogen and oxygen atoms in total. The highest BCUT2D eigenvalue weighted by molar-refractivity contribution is 5.78. The van der Waals surface area contributed by atoms with Crippen molar-refractivity contribution in [3.63, 3.8) is 0 Å². The molecule has 0 saturated heterocycles. The molecule has 0 heterocycles. The minimum atomic E-state index is -0.131. The number of carbonyl (C=O) groups is 1. The van der Waals surface area contributed by atoms with Crippen molar-refractivity contribution < 1.29 is 19.0 Å². The van der Waals surface area contributed by atoms with Crippen LogP contribution in [-0.2, 0) is 4.79 Å². The summed E-state index contributed by atoms with van der Waals surface area (Å²) >= 11 is 0. The summed E-state index contributed by atoms with van der Waals surface area (Å²) in [5, 5.41) is 3.02. The zero-order chi connectivity index (χ0) is 17.6. The maximum Gasteiger partial charge on any atom is 0.258 e. The fourth-order valence-corrected chi connectivity index (χ4v) is 2.91. The summed E-state index contributed by atoms with van der Waals surface area (Å²) < 4.78 is 16.5. The summed E-state index contributed by atoms with van der Waals surface area (Å²) in [5.41, 5.74) is 1.14. The standard InChI is InChI=1S/C20H23NO4/c1-3-24-18-10-6-7-11-19(18)25-13-20(22)21-16-12-15(16)14-8-4-5-9-17(14)23-2/h4-11,15-16H,3,12-13H2,1-2H3,(H,21,22)/t15-,16+/m1/s1. The van der Waals surface area contributed by atoms with Gasteiger partial charge in [-0.05, 0) is 37.1 Å². The largest absolute Gasteiger partial charge is 0.496 e. The number of hydrogen-bond donors (Lipinski definition) is 1. The van der Waals surface area contributed by atoms with Crippen LogP contribution < -0.4 is 19.5 Å². The molecule has 1 amide bonds. The van der Waals surface area contributed by atoms with Gasteiger partial charge in [-0.2, -0.15) is 0 Å². The Hall–Kier alpha value is -2.69. The van der Waals surface area contributed by atoms with Gasteiger partial charge in [0, 0.05) is 12.0 Å². The highest BCUT2D eigenvalue weighted by Gasteiger charge is 2.41. The Bertz CT molecular complexity index is 731. The molecule has 0 bridgehead atoms. The Morgan fingerprint density at radius 3 is 2.36 bits per heavy atom. The van der Waals surface area contributed by atoms with E-state index in [1.807, 2.05) is 49.4 Å². The van der Waals surface area contributed by atoms with Crippen molar-refractivity contribution in [3.05, 3.63) is 54.1 Å². The molecule has 3 rings (SSSR count). The molecular formula is C20H23NO4. The number of ether oxygens (including phenoxy) is 3. The van der Waals surface area contributed by atoms with Crippen molar-refractivity contribution in [1.29, 1.82) is 0 Å². The van der Waals surface area contributed by atoms with Gasteiger partial charge in [0.25, 0.3) is 5.91 Å². The number of carbonyl (C=O) groups excluding carboxylic acids is 1. The molecule has 1 fully saturated rings. The third-order valence-electron chi connectivity index (χ3n) is 4.18. The molecule has 0 aromatic heterocycles. The molecule has 0 unspecified atom stereocenters. The number of nitrogens with one attached hydrogen (secondary N) is 1. The summed E-state index contributed by atoms with van der Waals surface area (Å²) in [6.07, 6.45) is 0.918. The van der Waals surface area contributed by atoms with Crippen molar-refractivity contribution in [3.8, 4) is 17.2 Å². The first-order chi connectivity index (χ1) is 12.2. The summed E-state index contributed by atoms with van der Waals surface area (Å²) in [7, 11) is 1.67. The average Bonchev–Trinajstić information content (AvgIpc) is 3.40. The van der Waals surface area contributed by atoms with Crippen molar-refractivity contribution in [2.24, 2.45) is 0 Å². The van der Waals surface area contributed by atoms with Gasteiger partial charge >= 0.3 is 0 Å². The quantitative estimate of drug-likeness (QED) is 0.801. The zero-order valence-corrected chi connectivity index (χ0v) is 14.5.